The van der Waals surface area contributed by atoms with Gasteiger partial charge in [-0.05, 0) is 42.7 Å². The van der Waals surface area contributed by atoms with E-state index in [-0.39, 0.29) is 4.90 Å². The topological polar surface area (TPSA) is 96.6 Å². The van der Waals surface area contributed by atoms with Crippen LogP contribution in [0, 0.1) is 0 Å². The molecule has 0 aromatic heterocycles. The number of hydrogen-bond donors (Lipinski definition) is 3. The van der Waals surface area contributed by atoms with Gasteiger partial charge in [0.2, 0.25) is 10.0 Å². The molecule has 0 heterocycles. The third kappa shape index (κ3) is 6.33. The van der Waals surface area contributed by atoms with Crippen molar-refractivity contribution in [1.82, 2.24) is 10.6 Å². The minimum Gasteiger partial charge on any atom is -0.357 e. The van der Waals surface area contributed by atoms with E-state index in [1.165, 1.54) is 12.1 Å². The van der Waals surface area contributed by atoms with Crippen LogP contribution >= 0.6 is 11.6 Å². The highest BCUT2D eigenvalue weighted by atomic mass is 35.5. The maximum absolute atomic E-state index is 11.4. The van der Waals surface area contributed by atoms with Gasteiger partial charge < -0.3 is 10.6 Å². The van der Waals surface area contributed by atoms with E-state index in [0.29, 0.717) is 19.0 Å². The number of sulfonamides is 1. The van der Waals surface area contributed by atoms with Crippen molar-refractivity contribution in [2.75, 3.05) is 13.1 Å². The van der Waals surface area contributed by atoms with Gasteiger partial charge in [-0.1, -0.05) is 41.9 Å². The lowest BCUT2D eigenvalue weighted by Crippen LogP contribution is -2.38. The Bertz CT molecular complexity index is 869. The van der Waals surface area contributed by atoms with Gasteiger partial charge in [0, 0.05) is 18.1 Å². The molecule has 0 aliphatic heterocycles. The SMILES string of the molecule is CCNC(=NCc1cccc(S(N)(=O)=O)c1)NCCc1ccccc1Cl. The fraction of sp³-hybridized carbons (Fsp3) is 0.278. The summed E-state index contributed by atoms with van der Waals surface area (Å²) >= 11 is 6.16. The lowest BCUT2D eigenvalue weighted by molar-refractivity contribution is 0.597. The monoisotopic (exact) mass is 394 g/mol. The Morgan fingerprint density at radius 2 is 1.92 bits per heavy atom. The molecule has 2 aromatic rings. The Balaban J connectivity index is 1.99. The summed E-state index contributed by atoms with van der Waals surface area (Å²) in [6.07, 6.45) is 0.769. The van der Waals surface area contributed by atoms with Crippen molar-refractivity contribution in [1.29, 1.82) is 0 Å². The Morgan fingerprint density at radius 3 is 2.62 bits per heavy atom. The number of nitrogens with two attached hydrogens (primary N) is 1. The van der Waals surface area contributed by atoms with Gasteiger partial charge in [-0.2, -0.15) is 0 Å². The largest absolute Gasteiger partial charge is 0.357 e. The standard InChI is InChI=1S/C18H23ClN4O2S/c1-2-21-18(22-11-10-15-7-3-4-9-17(15)19)23-13-14-6-5-8-16(12-14)26(20,24)25/h3-9,12H,2,10-11,13H2,1H3,(H2,20,24,25)(H2,21,22,23). The molecule has 0 radical (unpaired) electrons. The molecule has 0 aliphatic rings. The molecule has 4 N–H and O–H groups in total. The minimum atomic E-state index is -3.72. The Morgan fingerprint density at radius 1 is 1.15 bits per heavy atom. The van der Waals surface area contributed by atoms with Crippen molar-refractivity contribution in [2.24, 2.45) is 10.1 Å². The number of nitrogens with one attached hydrogen (secondary N) is 2. The van der Waals surface area contributed by atoms with E-state index in [4.69, 9.17) is 16.7 Å². The second-order valence-corrected chi connectivity index (χ2v) is 7.62. The van der Waals surface area contributed by atoms with Crippen LogP contribution in [0.25, 0.3) is 0 Å². The average molecular weight is 395 g/mol. The van der Waals surface area contributed by atoms with Crippen molar-refractivity contribution in [3.8, 4) is 0 Å². The number of nitrogens with zero attached hydrogens (tertiary/aromatic N) is 1. The summed E-state index contributed by atoms with van der Waals surface area (Å²) in [5, 5.41) is 12.3. The third-order valence-corrected chi connectivity index (χ3v) is 4.92. The number of halogens is 1. The molecular weight excluding hydrogens is 372 g/mol. The third-order valence-electron chi connectivity index (χ3n) is 3.64. The molecule has 140 valence electrons. The highest BCUT2D eigenvalue weighted by Gasteiger charge is 2.08. The zero-order valence-corrected chi connectivity index (χ0v) is 16.1. The van der Waals surface area contributed by atoms with Crippen LogP contribution < -0.4 is 15.8 Å². The summed E-state index contributed by atoms with van der Waals surface area (Å²) in [5.41, 5.74) is 1.83. The summed E-state index contributed by atoms with van der Waals surface area (Å²) in [4.78, 5) is 4.57. The summed E-state index contributed by atoms with van der Waals surface area (Å²) in [5.74, 6) is 0.653. The number of aliphatic imine (C=N–C) groups is 1. The van der Waals surface area contributed by atoms with E-state index >= 15 is 0 Å². The number of benzene rings is 2. The van der Waals surface area contributed by atoms with Crippen LogP contribution in [0.2, 0.25) is 5.02 Å². The van der Waals surface area contributed by atoms with Crippen LogP contribution in [0.15, 0.2) is 58.4 Å². The summed E-state index contributed by atoms with van der Waals surface area (Å²) < 4.78 is 22.9. The lowest BCUT2D eigenvalue weighted by atomic mass is 10.1. The van der Waals surface area contributed by atoms with E-state index < -0.39 is 10.0 Å². The van der Waals surface area contributed by atoms with Crippen molar-refractivity contribution in [3.63, 3.8) is 0 Å². The molecule has 2 rings (SSSR count). The van der Waals surface area contributed by atoms with E-state index in [0.717, 1.165) is 29.1 Å². The predicted octanol–water partition coefficient (Wildman–Crippen LogP) is 2.29. The highest BCUT2D eigenvalue weighted by Crippen LogP contribution is 2.14. The second-order valence-electron chi connectivity index (χ2n) is 5.66. The first kappa shape index (κ1) is 20.2. The van der Waals surface area contributed by atoms with Crippen molar-refractivity contribution >= 4 is 27.6 Å². The number of hydrogen-bond acceptors (Lipinski definition) is 3. The normalized spacial score (nSPS) is 12.0. The van der Waals surface area contributed by atoms with E-state index in [1.807, 2.05) is 37.3 Å². The summed E-state index contributed by atoms with van der Waals surface area (Å²) in [7, 11) is -3.72. The molecule has 0 atom stereocenters. The molecular formula is C18H23ClN4O2S. The average Bonchev–Trinajstić information content (AvgIpc) is 2.61. The highest BCUT2D eigenvalue weighted by molar-refractivity contribution is 7.89. The van der Waals surface area contributed by atoms with Crippen LogP contribution in [0.5, 0.6) is 0 Å². The first-order chi connectivity index (χ1) is 12.4. The van der Waals surface area contributed by atoms with Crippen molar-refractivity contribution in [2.45, 2.75) is 24.8 Å². The molecule has 0 saturated carbocycles. The molecule has 0 fully saturated rings. The van der Waals surface area contributed by atoms with Gasteiger partial charge in [0.25, 0.3) is 0 Å². The smallest absolute Gasteiger partial charge is 0.238 e. The summed E-state index contributed by atoms with van der Waals surface area (Å²) in [6.45, 7) is 3.71. The first-order valence-corrected chi connectivity index (χ1v) is 10.2. The van der Waals surface area contributed by atoms with Crippen LogP contribution in [0.1, 0.15) is 18.1 Å². The molecule has 0 amide bonds. The fourth-order valence-corrected chi connectivity index (χ4v) is 3.16. The molecule has 8 heteroatoms. The predicted molar refractivity (Wildman–Crippen MR) is 106 cm³/mol. The molecule has 2 aromatic carbocycles. The lowest BCUT2D eigenvalue weighted by Gasteiger charge is -2.12. The van der Waals surface area contributed by atoms with Crippen LogP contribution in [0.4, 0.5) is 0 Å². The van der Waals surface area contributed by atoms with E-state index in [2.05, 4.69) is 15.6 Å². The van der Waals surface area contributed by atoms with Gasteiger partial charge in [-0.3, -0.25) is 0 Å². The van der Waals surface area contributed by atoms with Gasteiger partial charge in [-0.25, -0.2) is 18.5 Å². The maximum Gasteiger partial charge on any atom is 0.238 e. The first-order valence-electron chi connectivity index (χ1n) is 8.27. The molecule has 6 nitrogen and oxygen atoms in total. The van der Waals surface area contributed by atoms with Gasteiger partial charge in [0.1, 0.15) is 0 Å². The van der Waals surface area contributed by atoms with Gasteiger partial charge >= 0.3 is 0 Å². The Hall–Kier alpha value is -2.09. The van der Waals surface area contributed by atoms with Crippen molar-refractivity contribution < 1.29 is 8.42 Å². The molecule has 0 unspecified atom stereocenters. The van der Waals surface area contributed by atoms with Crippen LogP contribution in [-0.2, 0) is 23.0 Å². The Labute approximate surface area is 159 Å². The van der Waals surface area contributed by atoms with Gasteiger partial charge in [0.05, 0.1) is 11.4 Å². The molecule has 0 bridgehead atoms. The molecule has 26 heavy (non-hydrogen) atoms. The zero-order chi connectivity index (χ0) is 19.0. The molecule has 0 spiro atoms. The quantitative estimate of drug-likeness (QED) is 0.495. The molecule has 0 saturated heterocycles. The minimum absolute atomic E-state index is 0.0851. The second kappa shape index (κ2) is 9.56. The zero-order valence-electron chi connectivity index (χ0n) is 14.6. The van der Waals surface area contributed by atoms with Crippen LogP contribution in [-0.4, -0.2) is 27.5 Å². The van der Waals surface area contributed by atoms with Gasteiger partial charge in [0.15, 0.2) is 5.96 Å². The van der Waals surface area contributed by atoms with E-state index in [1.54, 1.807) is 6.07 Å². The van der Waals surface area contributed by atoms with Gasteiger partial charge in [-0.15, -0.1) is 0 Å². The van der Waals surface area contributed by atoms with Crippen molar-refractivity contribution in [3.05, 3.63) is 64.7 Å². The summed E-state index contributed by atoms with van der Waals surface area (Å²) in [6, 6.07) is 14.2. The van der Waals surface area contributed by atoms with Crippen LogP contribution in [0.3, 0.4) is 0 Å². The Kier molecular flexibility index (Phi) is 7.44. The number of rotatable bonds is 7. The number of guanidine groups is 1. The maximum atomic E-state index is 11.4. The molecule has 0 aliphatic carbocycles. The fourth-order valence-electron chi connectivity index (χ4n) is 2.35. The van der Waals surface area contributed by atoms with E-state index in [9.17, 15) is 8.42 Å². The number of primary sulfonamides is 1.